The average molecular weight is 287 g/mol. The maximum Gasteiger partial charge on any atom is 0.255 e. The van der Waals surface area contributed by atoms with Gasteiger partial charge >= 0.3 is 0 Å². The van der Waals surface area contributed by atoms with E-state index in [4.69, 9.17) is 10.9 Å². The Balaban J connectivity index is 2.33. The van der Waals surface area contributed by atoms with Crippen LogP contribution < -0.4 is 11.1 Å². The van der Waals surface area contributed by atoms with E-state index in [1.807, 2.05) is 6.92 Å². The van der Waals surface area contributed by atoms with E-state index >= 15 is 0 Å². The van der Waals surface area contributed by atoms with Crippen molar-refractivity contribution >= 4 is 17.4 Å². The Morgan fingerprint density at radius 3 is 2.52 bits per heavy atom. The molecule has 2 aromatic carbocycles. The third-order valence-electron chi connectivity index (χ3n) is 2.94. The third-order valence-corrected chi connectivity index (χ3v) is 2.94. The zero-order valence-corrected chi connectivity index (χ0v) is 11.3. The quantitative estimate of drug-likeness (QED) is 0.351. The number of nitrogens with one attached hydrogen (secondary N) is 1. The van der Waals surface area contributed by atoms with Crippen LogP contribution in [0.1, 0.15) is 21.5 Å². The maximum absolute atomic E-state index is 13.8. The first-order valence-corrected chi connectivity index (χ1v) is 6.17. The lowest BCUT2D eigenvalue weighted by Crippen LogP contribution is -2.20. The number of aryl methyl sites for hydroxylation is 1. The fourth-order valence-electron chi connectivity index (χ4n) is 1.84. The fourth-order valence-corrected chi connectivity index (χ4v) is 1.84. The number of nitrogens with zero attached hydrogens (tertiary/aromatic N) is 1. The Bertz CT molecular complexity index is 697. The van der Waals surface area contributed by atoms with Crippen molar-refractivity contribution in [2.75, 3.05) is 5.32 Å². The van der Waals surface area contributed by atoms with E-state index in [9.17, 15) is 9.18 Å². The van der Waals surface area contributed by atoms with Gasteiger partial charge in [0.1, 0.15) is 5.82 Å². The summed E-state index contributed by atoms with van der Waals surface area (Å²) in [6.07, 6.45) is 0. The first kappa shape index (κ1) is 14.5. The normalized spacial score (nSPS) is 11.2. The van der Waals surface area contributed by atoms with Crippen LogP contribution in [0.25, 0.3) is 0 Å². The second-order valence-electron chi connectivity index (χ2n) is 4.47. The maximum atomic E-state index is 13.8. The Morgan fingerprint density at radius 2 is 1.90 bits per heavy atom. The molecule has 6 heteroatoms. The number of amides is 1. The van der Waals surface area contributed by atoms with Crippen molar-refractivity contribution in [3.63, 3.8) is 0 Å². The highest BCUT2D eigenvalue weighted by molar-refractivity contribution is 6.09. The Hall–Kier alpha value is -2.89. The predicted molar refractivity (Wildman–Crippen MR) is 78.0 cm³/mol. The summed E-state index contributed by atoms with van der Waals surface area (Å²) in [7, 11) is 0. The highest BCUT2D eigenvalue weighted by Gasteiger charge is 2.15. The van der Waals surface area contributed by atoms with Gasteiger partial charge in [-0.15, -0.1) is 0 Å². The zero-order chi connectivity index (χ0) is 15.4. The van der Waals surface area contributed by atoms with Crippen molar-refractivity contribution in [2.45, 2.75) is 6.92 Å². The molecule has 0 aliphatic rings. The molecule has 0 bridgehead atoms. The van der Waals surface area contributed by atoms with Crippen LogP contribution in [-0.2, 0) is 0 Å². The van der Waals surface area contributed by atoms with E-state index in [0.717, 1.165) is 11.6 Å². The van der Waals surface area contributed by atoms with Crippen LogP contribution in [-0.4, -0.2) is 17.0 Å². The largest absolute Gasteiger partial charge is 0.409 e. The van der Waals surface area contributed by atoms with E-state index in [2.05, 4.69) is 10.5 Å². The second-order valence-corrected chi connectivity index (χ2v) is 4.47. The molecule has 1 amide bonds. The average Bonchev–Trinajstić information content (AvgIpc) is 2.47. The monoisotopic (exact) mass is 287 g/mol. The zero-order valence-electron chi connectivity index (χ0n) is 11.3. The Morgan fingerprint density at radius 1 is 1.24 bits per heavy atom. The molecule has 0 aromatic heterocycles. The van der Waals surface area contributed by atoms with Gasteiger partial charge in [-0.25, -0.2) is 4.39 Å². The van der Waals surface area contributed by atoms with Crippen LogP contribution in [0, 0.1) is 12.7 Å². The molecule has 2 aromatic rings. The van der Waals surface area contributed by atoms with Crippen molar-refractivity contribution in [1.82, 2.24) is 0 Å². The van der Waals surface area contributed by atoms with E-state index in [-0.39, 0.29) is 11.3 Å². The van der Waals surface area contributed by atoms with Gasteiger partial charge in [0.15, 0.2) is 5.84 Å². The highest BCUT2D eigenvalue weighted by atomic mass is 19.1. The van der Waals surface area contributed by atoms with Crippen LogP contribution >= 0.6 is 0 Å². The van der Waals surface area contributed by atoms with Crippen LogP contribution in [0.2, 0.25) is 0 Å². The number of anilines is 1. The molecule has 0 saturated heterocycles. The molecule has 0 saturated carbocycles. The van der Waals surface area contributed by atoms with E-state index < -0.39 is 17.6 Å². The Labute approximate surface area is 120 Å². The number of carbonyl (C=O) groups is 1. The fraction of sp³-hybridized carbons (Fsp3) is 0.0667. The van der Waals surface area contributed by atoms with Crippen LogP contribution in [0.5, 0.6) is 0 Å². The summed E-state index contributed by atoms with van der Waals surface area (Å²) >= 11 is 0. The van der Waals surface area contributed by atoms with Crippen molar-refractivity contribution in [3.05, 3.63) is 65.0 Å². The minimum atomic E-state index is -0.688. The highest BCUT2D eigenvalue weighted by Crippen LogP contribution is 2.19. The van der Waals surface area contributed by atoms with Gasteiger partial charge in [0.05, 0.1) is 11.3 Å². The SMILES string of the molecule is Cc1ccc(C(=O)Nc2cccc(F)c2/C(N)=N/O)cc1. The molecule has 0 aliphatic heterocycles. The van der Waals surface area contributed by atoms with Crippen LogP contribution in [0.15, 0.2) is 47.6 Å². The lowest BCUT2D eigenvalue weighted by molar-refractivity contribution is 0.102. The van der Waals surface area contributed by atoms with Crippen LogP contribution in [0.4, 0.5) is 10.1 Å². The van der Waals surface area contributed by atoms with Gasteiger partial charge in [-0.1, -0.05) is 28.9 Å². The topological polar surface area (TPSA) is 87.7 Å². The third kappa shape index (κ3) is 3.17. The van der Waals surface area contributed by atoms with Crippen molar-refractivity contribution in [3.8, 4) is 0 Å². The van der Waals surface area contributed by atoms with Gasteiger partial charge in [0, 0.05) is 5.56 Å². The Kier molecular flexibility index (Phi) is 4.18. The van der Waals surface area contributed by atoms with Gasteiger partial charge in [0.25, 0.3) is 5.91 Å². The lowest BCUT2D eigenvalue weighted by atomic mass is 10.1. The van der Waals surface area contributed by atoms with Crippen molar-refractivity contribution < 1.29 is 14.4 Å². The number of carbonyl (C=O) groups excluding carboxylic acids is 1. The minimum absolute atomic E-state index is 0.135. The summed E-state index contributed by atoms with van der Waals surface area (Å²) < 4.78 is 13.8. The molecule has 0 atom stereocenters. The number of hydrogen-bond donors (Lipinski definition) is 3. The van der Waals surface area contributed by atoms with Gasteiger partial charge in [-0.2, -0.15) is 0 Å². The molecule has 108 valence electrons. The predicted octanol–water partition coefficient (Wildman–Crippen LogP) is 2.48. The molecule has 0 fully saturated rings. The summed E-state index contributed by atoms with van der Waals surface area (Å²) in [5.74, 6) is -1.51. The van der Waals surface area contributed by atoms with Gasteiger partial charge < -0.3 is 16.3 Å². The van der Waals surface area contributed by atoms with Gasteiger partial charge in [0.2, 0.25) is 0 Å². The summed E-state index contributed by atoms with van der Waals surface area (Å²) in [6.45, 7) is 1.91. The van der Waals surface area contributed by atoms with Gasteiger partial charge in [-0.3, -0.25) is 4.79 Å². The first-order valence-electron chi connectivity index (χ1n) is 6.17. The molecule has 0 unspecified atom stereocenters. The first-order chi connectivity index (χ1) is 10.0. The number of hydrogen-bond acceptors (Lipinski definition) is 3. The summed E-state index contributed by atoms with van der Waals surface area (Å²) in [5, 5.41) is 14.0. The number of oxime groups is 1. The summed E-state index contributed by atoms with van der Waals surface area (Å²) in [6, 6.07) is 11.0. The van der Waals surface area contributed by atoms with Crippen molar-refractivity contribution in [2.24, 2.45) is 10.9 Å². The van der Waals surface area contributed by atoms with E-state index in [1.165, 1.54) is 12.1 Å². The number of amidine groups is 1. The summed E-state index contributed by atoms with van der Waals surface area (Å²) in [5.41, 5.74) is 6.87. The molecule has 0 radical (unpaired) electrons. The number of halogens is 1. The summed E-state index contributed by atoms with van der Waals surface area (Å²) in [4.78, 5) is 12.1. The molecule has 4 N–H and O–H groups in total. The molecular formula is C15H14FN3O2. The number of benzene rings is 2. The standard InChI is InChI=1S/C15H14FN3O2/c1-9-5-7-10(8-6-9)15(20)18-12-4-2-3-11(16)13(12)14(17)19-21/h2-8,21H,1H3,(H2,17,19)(H,18,20). The number of rotatable bonds is 3. The van der Waals surface area contributed by atoms with Crippen molar-refractivity contribution in [1.29, 1.82) is 0 Å². The molecule has 0 spiro atoms. The molecule has 5 nitrogen and oxygen atoms in total. The van der Waals surface area contributed by atoms with Crippen LogP contribution in [0.3, 0.4) is 0 Å². The minimum Gasteiger partial charge on any atom is -0.409 e. The lowest BCUT2D eigenvalue weighted by Gasteiger charge is -2.11. The molecule has 21 heavy (non-hydrogen) atoms. The molecular weight excluding hydrogens is 273 g/mol. The number of nitrogens with two attached hydrogens (primary N) is 1. The second kappa shape index (κ2) is 6.04. The molecule has 0 aliphatic carbocycles. The molecule has 0 heterocycles. The van der Waals surface area contributed by atoms with E-state index in [0.29, 0.717) is 5.56 Å². The smallest absolute Gasteiger partial charge is 0.255 e. The van der Waals surface area contributed by atoms with Gasteiger partial charge in [-0.05, 0) is 31.2 Å². The van der Waals surface area contributed by atoms with E-state index in [1.54, 1.807) is 24.3 Å². The molecule has 2 rings (SSSR count).